The average Bonchev–Trinajstić information content (AvgIpc) is 2.79. The van der Waals surface area contributed by atoms with E-state index >= 15 is 0 Å². The van der Waals surface area contributed by atoms with E-state index in [9.17, 15) is 15.0 Å². The van der Waals surface area contributed by atoms with Crippen molar-refractivity contribution in [1.29, 1.82) is 0 Å². The third-order valence-electron chi connectivity index (χ3n) is 3.18. The molecule has 0 radical (unpaired) electrons. The van der Waals surface area contributed by atoms with Gasteiger partial charge in [-0.15, -0.1) is 0 Å². The molecule has 0 atom stereocenters. The van der Waals surface area contributed by atoms with Gasteiger partial charge in [0.05, 0.1) is 10.6 Å². The first-order valence-corrected chi connectivity index (χ1v) is 8.53. The van der Waals surface area contributed by atoms with Crippen LogP contribution >= 0.6 is 39.9 Å². The maximum Gasteiger partial charge on any atom is 0.270 e. The lowest BCUT2D eigenvalue weighted by molar-refractivity contribution is -0.113. The van der Waals surface area contributed by atoms with Gasteiger partial charge in [-0.3, -0.25) is 9.69 Å². The van der Waals surface area contributed by atoms with Crippen molar-refractivity contribution in [3.8, 4) is 11.5 Å². The number of aromatic hydroxyl groups is 2. The highest BCUT2D eigenvalue weighted by molar-refractivity contribution is 9.10. The quantitative estimate of drug-likeness (QED) is 0.442. The van der Waals surface area contributed by atoms with Crippen molar-refractivity contribution in [3.05, 3.63) is 57.4 Å². The van der Waals surface area contributed by atoms with Crippen molar-refractivity contribution in [2.75, 3.05) is 4.90 Å². The molecule has 0 spiro atoms. The Hall–Kier alpha value is -1.83. The van der Waals surface area contributed by atoms with Crippen molar-refractivity contribution < 1.29 is 15.0 Å². The number of carbonyl (C=O) groups excluding carboxylic acids is 1. The molecule has 2 aromatic carbocycles. The van der Waals surface area contributed by atoms with Crippen molar-refractivity contribution in [2.45, 2.75) is 0 Å². The van der Waals surface area contributed by atoms with Gasteiger partial charge in [0.25, 0.3) is 5.91 Å². The van der Waals surface area contributed by atoms with Gasteiger partial charge in [-0.1, -0.05) is 46.0 Å². The third kappa shape index (κ3) is 3.26. The highest BCUT2D eigenvalue weighted by Gasteiger charge is 2.33. The summed E-state index contributed by atoms with van der Waals surface area (Å²) in [6, 6.07) is 11.7. The monoisotopic (exact) mass is 407 g/mol. The molecule has 1 heterocycles. The Bertz CT molecular complexity index is 834. The summed E-state index contributed by atoms with van der Waals surface area (Å²) in [4.78, 5) is 14.5. The topological polar surface area (TPSA) is 60.8 Å². The Balaban J connectivity index is 1.92. The fourth-order valence-electron chi connectivity index (χ4n) is 2.06. The molecule has 23 heavy (non-hydrogen) atoms. The molecular formula is C16H10BrNO3S2. The average molecular weight is 408 g/mol. The van der Waals surface area contributed by atoms with Gasteiger partial charge in [0.1, 0.15) is 0 Å². The summed E-state index contributed by atoms with van der Waals surface area (Å²) >= 11 is 9.85. The molecule has 7 heteroatoms. The molecule has 0 saturated carbocycles. The summed E-state index contributed by atoms with van der Waals surface area (Å²) in [5.74, 6) is -0.651. The van der Waals surface area contributed by atoms with E-state index in [1.807, 2.05) is 24.3 Å². The lowest BCUT2D eigenvalue weighted by Gasteiger charge is -2.14. The highest BCUT2D eigenvalue weighted by atomic mass is 79.9. The number of phenolic OH excluding ortho intramolecular Hbond substituents is 2. The standard InChI is InChI=1S/C16H10BrNO3S2/c17-10-2-4-11(5-3-10)18-15(21)14(23-16(18)22)8-9-1-6-12(19)13(20)7-9/h1-8,19-20H/b14-8+. The van der Waals surface area contributed by atoms with Crippen LogP contribution in [0.15, 0.2) is 51.8 Å². The number of thioether (sulfide) groups is 1. The number of rotatable bonds is 2. The molecule has 0 bridgehead atoms. The molecule has 1 aliphatic rings. The van der Waals surface area contributed by atoms with Gasteiger partial charge < -0.3 is 10.2 Å². The van der Waals surface area contributed by atoms with Gasteiger partial charge in [0.15, 0.2) is 15.8 Å². The van der Waals surface area contributed by atoms with Crippen molar-refractivity contribution in [3.63, 3.8) is 0 Å². The van der Waals surface area contributed by atoms with Crippen LogP contribution in [0.2, 0.25) is 0 Å². The number of thiocarbonyl (C=S) groups is 1. The van der Waals surface area contributed by atoms with Crippen LogP contribution in [0.4, 0.5) is 5.69 Å². The van der Waals surface area contributed by atoms with Crippen LogP contribution in [-0.2, 0) is 4.79 Å². The summed E-state index contributed by atoms with van der Waals surface area (Å²) in [5, 5.41) is 18.9. The number of amides is 1. The summed E-state index contributed by atoms with van der Waals surface area (Å²) in [5.41, 5.74) is 1.31. The van der Waals surface area contributed by atoms with Crippen LogP contribution in [0.1, 0.15) is 5.56 Å². The lowest BCUT2D eigenvalue weighted by Crippen LogP contribution is -2.27. The van der Waals surface area contributed by atoms with E-state index in [4.69, 9.17) is 12.2 Å². The predicted octanol–water partition coefficient (Wildman–Crippen LogP) is 4.27. The van der Waals surface area contributed by atoms with Crippen LogP contribution in [0, 0.1) is 0 Å². The molecule has 0 aromatic heterocycles. The van der Waals surface area contributed by atoms with Crippen molar-refractivity contribution in [1.82, 2.24) is 0 Å². The highest BCUT2D eigenvalue weighted by Crippen LogP contribution is 2.37. The summed E-state index contributed by atoms with van der Waals surface area (Å²) in [7, 11) is 0. The van der Waals surface area contributed by atoms with Gasteiger partial charge in [0.2, 0.25) is 0 Å². The fraction of sp³-hybridized carbons (Fsp3) is 0. The second-order valence-electron chi connectivity index (χ2n) is 4.74. The number of hydrogen-bond donors (Lipinski definition) is 2. The molecule has 2 aromatic rings. The van der Waals surface area contributed by atoms with E-state index in [2.05, 4.69) is 15.9 Å². The van der Waals surface area contributed by atoms with Crippen LogP contribution in [-0.4, -0.2) is 20.4 Å². The normalized spacial score (nSPS) is 16.4. The molecule has 0 aliphatic carbocycles. The van der Waals surface area contributed by atoms with E-state index in [-0.39, 0.29) is 17.4 Å². The second kappa shape index (κ2) is 6.35. The Labute approximate surface area is 150 Å². The Kier molecular flexibility index (Phi) is 4.43. The van der Waals surface area contributed by atoms with E-state index < -0.39 is 0 Å². The molecule has 1 aliphatic heterocycles. The summed E-state index contributed by atoms with van der Waals surface area (Å²) < 4.78 is 1.37. The number of phenols is 2. The molecule has 0 unspecified atom stereocenters. The van der Waals surface area contributed by atoms with Crippen molar-refractivity contribution in [2.24, 2.45) is 0 Å². The van der Waals surface area contributed by atoms with Crippen molar-refractivity contribution >= 4 is 61.9 Å². The fourth-order valence-corrected chi connectivity index (χ4v) is 3.63. The number of halogens is 1. The van der Waals surface area contributed by atoms with Crippen LogP contribution in [0.5, 0.6) is 11.5 Å². The maximum absolute atomic E-state index is 12.6. The zero-order valence-electron chi connectivity index (χ0n) is 11.6. The Morgan fingerprint density at radius 3 is 2.43 bits per heavy atom. The minimum absolute atomic E-state index is 0.204. The number of carbonyl (C=O) groups is 1. The summed E-state index contributed by atoms with van der Waals surface area (Å²) in [6.45, 7) is 0. The largest absolute Gasteiger partial charge is 0.504 e. The van der Waals surface area contributed by atoms with E-state index in [1.165, 1.54) is 28.8 Å². The van der Waals surface area contributed by atoms with Gasteiger partial charge in [-0.05, 0) is 48.0 Å². The zero-order chi connectivity index (χ0) is 16.6. The molecular weight excluding hydrogens is 398 g/mol. The Morgan fingerprint density at radius 1 is 1.09 bits per heavy atom. The molecule has 1 amide bonds. The molecule has 116 valence electrons. The van der Waals surface area contributed by atoms with E-state index in [1.54, 1.807) is 12.1 Å². The number of hydrogen-bond acceptors (Lipinski definition) is 5. The second-order valence-corrected chi connectivity index (χ2v) is 7.33. The van der Waals surface area contributed by atoms with Crippen LogP contribution in [0.3, 0.4) is 0 Å². The number of anilines is 1. The molecule has 4 nitrogen and oxygen atoms in total. The SMILES string of the molecule is O=C1/C(=C\c2ccc(O)c(O)c2)SC(=S)N1c1ccc(Br)cc1. The maximum atomic E-state index is 12.6. The van der Waals surface area contributed by atoms with Gasteiger partial charge in [0, 0.05) is 4.47 Å². The molecule has 2 N–H and O–H groups in total. The van der Waals surface area contributed by atoms with Gasteiger partial charge >= 0.3 is 0 Å². The number of nitrogens with zero attached hydrogens (tertiary/aromatic N) is 1. The first-order valence-electron chi connectivity index (χ1n) is 6.51. The Morgan fingerprint density at radius 2 is 1.78 bits per heavy atom. The van der Waals surface area contributed by atoms with Crippen LogP contribution < -0.4 is 4.90 Å². The first kappa shape index (κ1) is 16.0. The molecule has 3 rings (SSSR count). The first-order chi connectivity index (χ1) is 11.0. The van der Waals surface area contributed by atoms with Gasteiger partial charge in [-0.2, -0.15) is 0 Å². The predicted molar refractivity (Wildman–Crippen MR) is 99.6 cm³/mol. The van der Waals surface area contributed by atoms with Gasteiger partial charge in [-0.25, -0.2) is 0 Å². The zero-order valence-corrected chi connectivity index (χ0v) is 14.8. The lowest BCUT2D eigenvalue weighted by atomic mass is 10.2. The number of benzene rings is 2. The van der Waals surface area contributed by atoms with E-state index in [0.29, 0.717) is 20.5 Å². The van der Waals surface area contributed by atoms with E-state index in [0.717, 1.165) is 4.47 Å². The minimum Gasteiger partial charge on any atom is -0.504 e. The smallest absolute Gasteiger partial charge is 0.270 e. The third-order valence-corrected chi connectivity index (χ3v) is 5.01. The van der Waals surface area contributed by atoms with Crippen LogP contribution in [0.25, 0.3) is 6.08 Å². The molecule has 1 saturated heterocycles. The summed E-state index contributed by atoms with van der Waals surface area (Å²) in [6.07, 6.45) is 1.64. The minimum atomic E-state index is -0.234. The molecule has 1 fully saturated rings.